The molecule has 0 bridgehead atoms. The first-order valence-corrected chi connectivity index (χ1v) is 9.77. The van der Waals surface area contributed by atoms with Gasteiger partial charge < -0.3 is 25.0 Å². The number of ether oxygens (including phenoxy) is 2. The summed E-state index contributed by atoms with van der Waals surface area (Å²) in [4.78, 5) is 14.8. The van der Waals surface area contributed by atoms with Crippen molar-refractivity contribution in [2.45, 2.75) is 25.8 Å². The molecule has 1 aliphatic carbocycles. The summed E-state index contributed by atoms with van der Waals surface area (Å²) in [6, 6.07) is 11.7. The highest BCUT2D eigenvalue weighted by Gasteiger charge is 2.34. The van der Waals surface area contributed by atoms with E-state index in [1.807, 2.05) is 62.3 Å². The Hall–Kier alpha value is -2.89. The Morgan fingerprint density at radius 1 is 1.11 bits per heavy atom. The van der Waals surface area contributed by atoms with E-state index in [2.05, 4.69) is 10.6 Å². The van der Waals surface area contributed by atoms with Gasteiger partial charge in [-0.1, -0.05) is 12.1 Å². The molecule has 1 saturated carbocycles. The number of benzene rings is 2. The van der Waals surface area contributed by atoms with E-state index in [4.69, 9.17) is 9.47 Å². The summed E-state index contributed by atoms with van der Waals surface area (Å²) in [5.74, 6) is 1.98. The zero-order valence-electron chi connectivity index (χ0n) is 16.6. The minimum atomic E-state index is -0.189. The van der Waals surface area contributed by atoms with Gasteiger partial charge in [-0.05, 0) is 61.1 Å². The lowest BCUT2D eigenvalue weighted by molar-refractivity contribution is 0.171. The average molecular weight is 381 g/mol. The lowest BCUT2D eigenvalue weighted by atomic mass is 10.0. The van der Waals surface area contributed by atoms with Gasteiger partial charge in [0.05, 0.1) is 6.04 Å². The first-order chi connectivity index (χ1) is 13.5. The predicted molar refractivity (Wildman–Crippen MR) is 111 cm³/mol. The van der Waals surface area contributed by atoms with Gasteiger partial charge in [0, 0.05) is 25.5 Å². The van der Waals surface area contributed by atoms with E-state index in [0.29, 0.717) is 19.1 Å². The number of nitrogens with zero attached hydrogens (tertiary/aromatic N) is 1. The largest absolute Gasteiger partial charge is 0.486 e. The lowest BCUT2D eigenvalue weighted by Crippen LogP contribution is -2.34. The number of anilines is 2. The van der Waals surface area contributed by atoms with Crippen molar-refractivity contribution in [3.63, 3.8) is 0 Å². The highest BCUT2D eigenvalue weighted by atomic mass is 16.6. The van der Waals surface area contributed by atoms with E-state index in [9.17, 15) is 4.79 Å². The summed E-state index contributed by atoms with van der Waals surface area (Å²) in [7, 11) is 3.99. The highest BCUT2D eigenvalue weighted by Crippen LogP contribution is 2.43. The fourth-order valence-electron chi connectivity index (χ4n) is 3.70. The molecule has 1 atom stereocenters. The first-order valence-electron chi connectivity index (χ1n) is 9.77. The van der Waals surface area contributed by atoms with Crippen LogP contribution in [0, 0.1) is 12.8 Å². The van der Waals surface area contributed by atoms with Crippen molar-refractivity contribution in [3.05, 3.63) is 47.5 Å². The number of fused-ring (bicyclic) bond motifs is 1. The van der Waals surface area contributed by atoms with Gasteiger partial charge >= 0.3 is 6.03 Å². The van der Waals surface area contributed by atoms with Crippen LogP contribution in [-0.4, -0.2) is 33.3 Å². The molecule has 2 aromatic rings. The summed E-state index contributed by atoms with van der Waals surface area (Å²) < 4.78 is 11.3. The Kier molecular flexibility index (Phi) is 5.03. The average Bonchev–Trinajstić information content (AvgIpc) is 3.52. The Morgan fingerprint density at radius 3 is 2.57 bits per heavy atom. The van der Waals surface area contributed by atoms with Crippen LogP contribution in [0.5, 0.6) is 11.5 Å². The molecule has 0 aromatic heterocycles. The highest BCUT2D eigenvalue weighted by molar-refractivity contribution is 5.91. The Balaban J connectivity index is 1.50. The Labute approximate surface area is 165 Å². The van der Waals surface area contributed by atoms with Crippen molar-refractivity contribution in [2.75, 3.05) is 37.5 Å². The number of hydrogen-bond donors (Lipinski definition) is 2. The zero-order valence-corrected chi connectivity index (χ0v) is 16.6. The topological polar surface area (TPSA) is 62.8 Å². The molecule has 1 unspecified atom stereocenters. The summed E-state index contributed by atoms with van der Waals surface area (Å²) in [6.45, 7) is 3.15. The van der Waals surface area contributed by atoms with Gasteiger partial charge in [-0.2, -0.15) is 0 Å². The fourth-order valence-corrected chi connectivity index (χ4v) is 3.70. The van der Waals surface area contributed by atoms with Crippen LogP contribution in [0.3, 0.4) is 0 Å². The van der Waals surface area contributed by atoms with E-state index in [1.54, 1.807) is 0 Å². The summed E-state index contributed by atoms with van der Waals surface area (Å²) in [5.41, 5.74) is 4.01. The van der Waals surface area contributed by atoms with Gasteiger partial charge in [0.2, 0.25) is 0 Å². The molecule has 1 fully saturated rings. The van der Waals surface area contributed by atoms with Gasteiger partial charge in [-0.25, -0.2) is 4.79 Å². The molecule has 0 saturated heterocycles. The SMILES string of the molecule is Cc1c(NC(=O)NC(c2ccc3c(c2)OCCO3)C2CC2)cccc1N(C)C. The third kappa shape index (κ3) is 3.86. The van der Waals surface area contributed by atoms with Crippen LogP contribution in [0.4, 0.5) is 16.2 Å². The van der Waals surface area contributed by atoms with Crippen molar-refractivity contribution in [1.29, 1.82) is 0 Å². The Bertz CT molecular complexity index is 877. The predicted octanol–water partition coefficient (Wildman–Crippen LogP) is 4.11. The van der Waals surface area contributed by atoms with Crippen LogP contribution in [0.15, 0.2) is 36.4 Å². The van der Waals surface area contributed by atoms with Crippen molar-refractivity contribution in [1.82, 2.24) is 5.32 Å². The monoisotopic (exact) mass is 381 g/mol. The normalized spacial score (nSPS) is 16.2. The van der Waals surface area contributed by atoms with Crippen molar-refractivity contribution < 1.29 is 14.3 Å². The number of carbonyl (C=O) groups is 1. The van der Waals surface area contributed by atoms with Gasteiger partial charge in [0.1, 0.15) is 13.2 Å². The molecule has 2 aliphatic rings. The third-order valence-electron chi connectivity index (χ3n) is 5.34. The van der Waals surface area contributed by atoms with E-state index in [1.165, 1.54) is 0 Å². The summed E-state index contributed by atoms with van der Waals surface area (Å²) >= 11 is 0. The second-order valence-corrected chi connectivity index (χ2v) is 7.66. The summed E-state index contributed by atoms with van der Waals surface area (Å²) in [5, 5.41) is 6.18. The van der Waals surface area contributed by atoms with E-state index < -0.39 is 0 Å². The van der Waals surface area contributed by atoms with Gasteiger partial charge in [-0.3, -0.25) is 0 Å². The van der Waals surface area contributed by atoms with Crippen molar-refractivity contribution in [3.8, 4) is 11.5 Å². The molecule has 2 N–H and O–H groups in total. The first kappa shape index (κ1) is 18.5. The van der Waals surface area contributed by atoms with Crippen LogP contribution in [0.2, 0.25) is 0 Å². The molecular weight excluding hydrogens is 354 g/mol. The fraction of sp³-hybridized carbons (Fsp3) is 0.409. The molecule has 6 nitrogen and oxygen atoms in total. The smallest absolute Gasteiger partial charge is 0.319 e. The number of urea groups is 1. The zero-order chi connectivity index (χ0) is 19.7. The minimum absolute atomic E-state index is 0.0341. The lowest BCUT2D eigenvalue weighted by Gasteiger charge is -2.24. The number of carbonyl (C=O) groups excluding carboxylic acids is 1. The number of amides is 2. The maximum Gasteiger partial charge on any atom is 0.319 e. The second-order valence-electron chi connectivity index (χ2n) is 7.66. The number of rotatable bonds is 5. The van der Waals surface area contributed by atoms with Crippen LogP contribution in [-0.2, 0) is 0 Å². The Morgan fingerprint density at radius 2 is 1.86 bits per heavy atom. The standard InChI is InChI=1S/C22H27N3O3/c1-14-17(5-4-6-18(14)25(2)3)23-22(26)24-21(15-7-8-15)16-9-10-19-20(13-16)28-12-11-27-19/h4-6,9-10,13,15,21H,7-8,11-12H2,1-3H3,(H2,23,24,26). The van der Waals surface area contributed by atoms with E-state index in [-0.39, 0.29) is 12.1 Å². The molecule has 0 spiro atoms. The molecule has 2 amide bonds. The van der Waals surface area contributed by atoms with Crippen LogP contribution in [0.25, 0.3) is 0 Å². The minimum Gasteiger partial charge on any atom is -0.486 e. The van der Waals surface area contributed by atoms with E-state index >= 15 is 0 Å². The second kappa shape index (κ2) is 7.62. The quantitative estimate of drug-likeness (QED) is 0.818. The molecule has 148 valence electrons. The molecule has 0 radical (unpaired) electrons. The van der Waals surface area contributed by atoms with Crippen molar-refractivity contribution >= 4 is 17.4 Å². The summed E-state index contributed by atoms with van der Waals surface area (Å²) in [6.07, 6.45) is 2.24. The van der Waals surface area contributed by atoms with Crippen LogP contribution in [0.1, 0.15) is 30.0 Å². The molecule has 4 rings (SSSR count). The molecule has 2 aromatic carbocycles. The number of hydrogen-bond acceptors (Lipinski definition) is 4. The maximum atomic E-state index is 12.8. The molecule has 6 heteroatoms. The third-order valence-corrected chi connectivity index (χ3v) is 5.34. The van der Waals surface area contributed by atoms with Crippen molar-refractivity contribution in [2.24, 2.45) is 5.92 Å². The molecule has 1 heterocycles. The van der Waals surface area contributed by atoms with Gasteiger partial charge in [0.25, 0.3) is 0 Å². The maximum absolute atomic E-state index is 12.8. The molecule has 28 heavy (non-hydrogen) atoms. The number of nitrogens with one attached hydrogen (secondary N) is 2. The van der Waals surface area contributed by atoms with Gasteiger partial charge in [0.15, 0.2) is 11.5 Å². The van der Waals surface area contributed by atoms with E-state index in [0.717, 1.165) is 46.8 Å². The van der Waals surface area contributed by atoms with Gasteiger partial charge in [-0.15, -0.1) is 0 Å². The van der Waals surface area contributed by atoms with Crippen LogP contribution >= 0.6 is 0 Å². The van der Waals surface area contributed by atoms with Crippen LogP contribution < -0.4 is 25.0 Å². The molecule has 1 aliphatic heterocycles. The molecular formula is C22H27N3O3.